The highest BCUT2D eigenvalue weighted by Gasteiger charge is 2.05. The van der Waals surface area contributed by atoms with E-state index in [1.54, 1.807) is 7.11 Å². The van der Waals surface area contributed by atoms with Gasteiger partial charge in [-0.15, -0.1) is 0 Å². The van der Waals surface area contributed by atoms with Crippen LogP contribution in [0, 0.1) is 0 Å². The molecule has 0 saturated heterocycles. The Bertz CT molecular complexity index is 188. The average molecular weight is 233 g/mol. The Kier molecular flexibility index (Phi) is 10.1. The number of ether oxygens (including phenoxy) is 2. The molecule has 0 aliphatic heterocycles. The maximum atomic E-state index is 8.48. The molecule has 0 rings (SSSR count). The average Bonchev–Trinajstić information content (AvgIpc) is 2.28. The molecule has 0 unspecified atom stereocenters. The third-order valence-corrected chi connectivity index (χ3v) is 2.04. The van der Waals surface area contributed by atoms with Gasteiger partial charge in [0.15, 0.2) is 5.84 Å². The highest BCUT2D eigenvalue weighted by molar-refractivity contribution is 5.81. The minimum atomic E-state index is 0.227. The summed E-state index contributed by atoms with van der Waals surface area (Å²) in [7, 11) is 1.64. The molecule has 0 saturated carbocycles. The number of methoxy groups -OCH3 is 1. The number of hydrogen-bond donors (Lipinski definition) is 2. The first-order valence-electron chi connectivity index (χ1n) is 5.50. The molecule has 0 spiro atoms. The van der Waals surface area contributed by atoms with Crippen LogP contribution in [0.3, 0.4) is 0 Å². The van der Waals surface area contributed by atoms with Gasteiger partial charge in [-0.25, -0.2) is 0 Å². The predicted octanol–water partition coefficient (Wildman–Crippen LogP) is 0.108. The largest absolute Gasteiger partial charge is 0.409 e. The molecule has 0 heterocycles. The standard InChI is InChI=1S/C10H23N3O3/c1-3-4-13(9-10(11)12-14)5-6-16-8-7-15-2/h14H,3-9H2,1-2H3,(H2,11,12). The van der Waals surface area contributed by atoms with E-state index in [9.17, 15) is 0 Å². The van der Waals surface area contributed by atoms with E-state index in [-0.39, 0.29) is 5.84 Å². The van der Waals surface area contributed by atoms with E-state index < -0.39 is 0 Å². The molecule has 0 amide bonds. The lowest BCUT2D eigenvalue weighted by molar-refractivity contribution is 0.0592. The van der Waals surface area contributed by atoms with Crippen molar-refractivity contribution in [2.45, 2.75) is 13.3 Å². The van der Waals surface area contributed by atoms with Gasteiger partial charge in [0.1, 0.15) is 0 Å². The first-order valence-corrected chi connectivity index (χ1v) is 5.50. The van der Waals surface area contributed by atoms with Gasteiger partial charge in [-0.2, -0.15) is 0 Å². The van der Waals surface area contributed by atoms with Gasteiger partial charge in [0.2, 0.25) is 0 Å². The Balaban J connectivity index is 3.67. The van der Waals surface area contributed by atoms with Crippen molar-refractivity contribution in [1.29, 1.82) is 0 Å². The van der Waals surface area contributed by atoms with E-state index in [1.165, 1.54) is 0 Å². The SMILES string of the molecule is CCCN(CCOCCOC)CC(N)=NO. The topological polar surface area (TPSA) is 80.3 Å². The fourth-order valence-electron chi connectivity index (χ4n) is 1.28. The molecule has 0 aromatic carbocycles. The van der Waals surface area contributed by atoms with E-state index in [0.29, 0.717) is 26.4 Å². The maximum Gasteiger partial charge on any atom is 0.153 e. The fourth-order valence-corrected chi connectivity index (χ4v) is 1.28. The maximum absolute atomic E-state index is 8.48. The van der Waals surface area contributed by atoms with E-state index in [0.717, 1.165) is 19.5 Å². The molecule has 0 aliphatic carbocycles. The quantitative estimate of drug-likeness (QED) is 0.184. The van der Waals surface area contributed by atoms with Crippen LogP contribution in [0.4, 0.5) is 0 Å². The summed E-state index contributed by atoms with van der Waals surface area (Å²) < 4.78 is 10.2. The Morgan fingerprint density at radius 1 is 1.31 bits per heavy atom. The highest BCUT2D eigenvalue weighted by Crippen LogP contribution is 1.92. The van der Waals surface area contributed by atoms with Crippen molar-refractivity contribution in [3.63, 3.8) is 0 Å². The van der Waals surface area contributed by atoms with Crippen molar-refractivity contribution in [1.82, 2.24) is 4.90 Å². The summed E-state index contributed by atoms with van der Waals surface area (Å²) in [5.74, 6) is 0.227. The second-order valence-corrected chi connectivity index (χ2v) is 3.47. The van der Waals surface area contributed by atoms with Crippen molar-refractivity contribution in [3.8, 4) is 0 Å². The van der Waals surface area contributed by atoms with Crippen LogP contribution in [0.1, 0.15) is 13.3 Å². The normalized spacial score (nSPS) is 12.3. The first kappa shape index (κ1) is 15.2. The molecular weight excluding hydrogens is 210 g/mol. The van der Waals surface area contributed by atoms with Crippen molar-refractivity contribution in [2.75, 3.05) is 46.6 Å². The molecule has 0 radical (unpaired) electrons. The molecule has 0 aliphatic rings. The van der Waals surface area contributed by atoms with Gasteiger partial charge >= 0.3 is 0 Å². The summed E-state index contributed by atoms with van der Waals surface area (Å²) in [6.07, 6.45) is 1.02. The molecule has 6 heteroatoms. The zero-order valence-electron chi connectivity index (χ0n) is 10.2. The van der Waals surface area contributed by atoms with Gasteiger partial charge in [0, 0.05) is 13.7 Å². The predicted molar refractivity (Wildman–Crippen MR) is 62.8 cm³/mol. The number of oxime groups is 1. The van der Waals surface area contributed by atoms with E-state index in [2.05, 4.69) is 17.0 Å². The Hall–Kier alpha value is -0.850. The summed E-state index contributed by atoms with van der Waals surface area (Å²) in [5, 5.41) is 11.4. The van der Waals surface area contributed by atoms with Gasteiger partial charge in [0.05, 0.1) is 26.4 Å². The smallest absolute Gasteiger partial charge is 0.153 e. The summed E-state index contributed by atoms with van der Waals surface area (Å²) in [6, 6.07) is 0. The summed E-state index contributed by atoms with van der Waals surface area (Å²) in [5.41, 5.74) is 5.45. The number of nitrogens with two attached hydrogens (primary N) is 1. The molecule has 0 aromatic heterocycles. The molecule has 0 atom stereocenters. The minimum absolute atomic E-state index is 0.227. The fraction of sp³-hybridized carbons (Fsp3) is 0.900. The summed E-state index contributed by atoms with van der Waals surface area (Å²) in [4.78, 5) is 2.09. The van der Waals surface area contributed by atoms with Crippen LogP contribution in [0.25, 0.3) is 0 Å². The molecular formula is C10H23N3O3. The van der Waals surface area contributed by atoms with Crippen molar-refractivity contribution in [3.05, 3.63) is 0 Å². The highest BCUT2D eigenvalue weighted by atomic mass is 16.5. The number of amidine groups is 1. The van der Waals surface area contributed by atoms with Gasteiger partial charge < -0.3 is 20.4 Å². The second-order valence-electron chi connectivity index (χ2n) is 3.47. The zero-order chi connectivity index (χ0) is 12.2. The second kappa shape index (κ2) is 10.7. The molecule has 6 nitrogen and oxygen atoms in total. The third-order valence-electron chi connectivity index (χ3n) is 2.04. The van der Waals surface area contributed by atoms with E-state index in [4.69, 9.17) is 20.4 Å². The number of nitrogens with zero attached hydrogens (tertiary/aromatic N) is 2. The van der Waals surface area contributed by atoms with Crippen molar-refractivity contribution < 1.29 is 14.7 Å². The van der Waals surface area contributed by atoms with Crippen LogP contribution < -0.4 is 5.73 Å². The van der Waals surface area contributed by atoms with Crippen molar-refractivity contribution >= 4 is 5.84 Å². The van der Waals surface area contributed by atoms with Crippen LogP contribution >= 0.6 is 0 Å². The molecule has 0 fully saturated rings. The summed E-state index contributed by atoms with van der Waals surface area (Å²) in [6.45, 7) is 6.07. The van der Waals surface area contributed by atoms with Gasteiger partial charge in [-0.3, -0.25) is 4.90 Å². The monoisotopic (exact) mass is 233 g/mol. The summed E-state index contributed by atoms with van der Waals surface area (Å²) >= 11 is 0. The lowest BCUT2D eigenvalue weighted by Gasteiger charge is -2.20. The van der Waals surface area contributed by atoms with Crippen LogP contribution in [-0.4, -0.2) is 62.5 Å². The van der Waals surface area contributed by atoms with Gasteiger partial charge in [-0.05, 0) is 13.0 Å². The van der Waals surface area contributed by atoms with Crippen LogP contribution in [-0.2, 0) is 9.47 Å². The molecule has 16 heavy (non-hydrogen) atoms. The number of hydrogen-bond acceptors (Lipinski definition) is 5. The van der Waals surface area contributed by atoms with Gasteiger partial charge in [-0.1, -0.05) is 12.1 Å². The minimum Gasteiger partial charge on any atom is -0.409 e. The first-order chi connectivity index (χ1) is 7.74. The van der Waals surface area contributed by atoms with Crippen LogP contribution in [0.5, 0.6) is 0 Å². The lowest BCUT2D eigenvalue weighted by Crippen LogP contribution is -2.36. The van der Waals surface area contributed by atoms with E-state index in [1.807, 2.05) is 0 Å². The van der Waals surface area contributed by atoms with Gasteiger partial charge in [0.25, 0.3) is 0 Å². The van der Waals surface area contributed by atoms with Crippen LogP contribution in [0.15, 0.2) is 5.16 Å². The van der Waals surface area contributed by atoms with Crippen LogP contribution in [0.2, 0.25) is 0 Å². The Morgan fingerprint density at radius 2 is 2.06 bits per heavy atom. The number of rotatable bonds is 10. The molecule has 3 N–H and O–H groups in total. The van der Waals surface area contributed by atoms with Crippen molar-refractivity contribution in [2.24, 2.45) is 10.9 Å². The zero-order valence-corrected chi connectivity index (χ0v) is 10.2. The van der Waals surface area contributed by atoms with E-state index >= 15 is 0 Å². The molecule has 0 bridgehead atoms. The third kappa shape index (κ3) is 8.46. The Labute approximate surface area is 97.0 Å². The lowest BCUT2D eigenvalue weighted by atomic mass is 10.4. The Morgan fingerprint density at radius 3 is 2.62 bits per heavy atom. The molecule has 0 aromatic rings. The molecule has 96 valence electrons.